The predicted octanol–water partition coefficient (Wildman–Crippen LogP) is 3.53. The second-order valence-electron chi connectivity index (χ2n) is 11.1. The van der Waals surface area contributed by atoms with Crippen molar-refractivity contribution in [1.29, 1.82) is 0 Å². The lowest BCUT2D eigenvalue weighted by atomic mass is 9.95. The van der Waals surface area contributed by atoms with Crippen molar-refractivity contribution in [3.8, 4) is 0 Å². The van der Waals surface area contributed by atoms with Gasteiger partial charge in [0.15, 0.2) is 0 Å². The van der Waals surface area contributed by atoms with Gasteiger partial charge in [-0.15, -0.1) is 0 Å². The van der Waals surface area contributed by atoms with E-state index >= 15 is 0 Å². The summed E-state index contributed by atoms with van der Waals surface area (Å²) < 4.78 is 0. The summed E-state index contributed by atoms with van der Waals surface area (Å²) >= 11 is 0. The smallest absolute Gasteiger partial charge is 0.262 e. The van der Waals surface area contributed by atoms with Crippen LogP contribution in [0.25, 0.3) is 0 Å². The summed E-state index contributed by atoms with van der Waals surface area (Å²) in [5, 5.41) is 2.26. The molecule has 0 spiro atoms. The molecule has 0 saturated carbocycles. The summed E-state index contributed by atoms with van der Waals surface area (Å²) in [6.45, 7) is 1.77. The van der Waals surface area contributed by atoms with Crippen molar-refractivity contribution in [2.24, 2.45) is 0 Å². The Kier molecular flexibility index (Phi) is 6.00. The quantitative estimate of drug-likeness (QED) is 0.504. The van der Waals surface area contributed by atoms with Crippen molar-refractivity contribution in [3.05, 3.63) is 101 Å². The molecule has 8 heteroatoms. The molecule has 0 radical (unpaired) electrons. The number of nitrogens with zero attached hydrogens (tertiary/aromatic N) is 3. The highest BCUT2D eigenvalue weighted by Crippen LogP contribution is 2.41. The molecule has 3 fully saturated rings. The lowest BCUT2D eigenvalue weighted by Crippen LogP contribution is -2.55. The minimum absolute atomic E-state index is 0.107. The highest BCUT2D eigenvalue weighted by atomic mass is 16.2. The second kappa shape index (κ2) is 9.71. The van der Waals surface area contributed by atoms with Crippen LogP contribution in [0.15, 0.2) is 78.9 Å². The highest BCUT2D eigenvalue weighted by Gasteiger charge is 2.46. The molecule has 2 bridgehead atoms. The van der Waals surface area contributed by atoms with Crippen LogP contribution in [-0.2, 0) is 9.59 Å². The Balaban J connectivity index is 1.15. The number of anilines is 1. The van der Waals surface area contributed by atoms with Crippen LogP contribution in [0.3, 0.4) is 0 Å². The normalized spacial score (nSPS) is 24.6. The highest BCUT2D eigenvalue weighted by molar-refractivity contribution is 6.23. The zero-order valence-corrected chi connectivity index (χ0v) is 22.0. The maximum atomic E-state index is 13.4. The van der Waals surface area contributed by atoms with Crippen LogP contribution in [0.1, 0.15) is 63.6 Å². The second-order valence-corrected chi connectivity index (χ2v) is 11.1. The van der Waals surface area contributed by atoms with Gasteiger partial charge in [-0.05, 0) is 48.6 Å². The first-order valence-electron chi connectivity index (χ1n) is 14.0. The van der Waals surface area contributed by atoms with Gasteiger partial charge in [0.25, 0.3) is 11.8 Å². The Labute approximate surface area is 232 Å². The first-order valence-corrected chi connectivity index (χ1v) is 14.0. The molecular formula is C32H30N4O4. The minimum atomic E-state index is -0.957. The van der Waals surface area contributed by atoms with Crippen molar-refractivity contribution in [2.45, 2.75) is 49.9 Å². The fourth-order valence-corrected chi connectivity index (χ4v) is 7.07. The maximum absolute atomic E-state index is 13.4. The fraction of sp³-hybridized carbons (Fsp3) is 0.312. The molecule has 0 aliphatic carbocycles. The molecule has 40 heavy (non-hydrogen) atoms. The molecule has 8 nitrogen and oxygen atoms in total. The molecule has 7 rings (SSSR count). The molecule has 202 valence electrons. The van der Waals surface area contributed by atoms with Gasteiger partial charge in [-0.3, -0.25) is 34.3 Å². The molecule has 4 amide bonds. The van der Waals surface area contributed by atoms with E-state index in [2.05, 4.69) is 75.8 Å². The van der Waals surface area contributed by atoms with Crippen LogP contribution >= 0.6 is 0 Å². The van der Waals surface area contributed by atoms with E-state index in [1.54, 1.807) is 6.07 Å². The van der Waals surface area contributed by atoms with E-state index in [9.17, 15) is 19.2 Å². The van der Waals surface area contributed by atoms with Crippen LogP contribution in [0, 0.1) is 0 Å². The maximum Gasteiger partial charge on any atom is 0.262 e. The SMILES string of the molecule is O=C1CCC(N2C(=O)c3ccc(N4C5CCC4CN(C(c4ccccc4)c4ccccc4)C5)cc3C2=O)C(=O)N1. The van der Waals surface area contributed by atoms with Crippen molar-refractivity contribution in [1.82, 2.24) is 15.1 Å². The Morgan fingerprint density at radius 1 is 0.700 bits per heavy atom. The Morgan fingerprint density at radius 3 is 1.90 bits per heavy atom. The third kappa shape index (κ3) is 4.02. The molecule has 1 N–H and O–H groups in total. The van der Waals surface area contributed by atoms with Gasteiger partial charge in [0.2, 0.25) is 11.8 Å². The molecule has 3 saturated heterocycles. The van der Waals surface area contributed by atoms with Crippen LogP contribution < -0.4 is 10.2 Å². The predicted molar refractivity (Wildman–Crippen MR) is 149 cm³/mol. The van der Waals surface area contributed by atoms with E-state index in [4.69, 9.17) is 0 Å². The number of hydrogen-bond acceptors (Lipinski definition) is 6. The zero-order chi connectivity index (χ0) is 27.4. The van der Waals surface area contributed by atoms with Crippen molar-refractivity contribution < 1.29 is 19.2 Å². The summed E-state index contributed by atoms with van der Waals surface area (Å²) in [6, 6.07) is 26.5. The van der Waals surface area contributed by atoms with Gasteiger partial charge in [0, 0.05) is 37.3 Å². The van der Waals surface area contributed by atoms with Crippen LogP contribution in [-0.4, -0.2) is 64.6 Å². The van der Waals surface area contributed by atoms with Gasteiger partial charge >= 0.3 is 0 Å². The minimum Gasteiger partial charge on any atom is -0.363 e. The van der Waals surface area contributed by atoms with E-state index in [0.717, 1.165) is 36.5 Å². The zero-order valence-electron chi connectivity index (χ0n) is 22.0. The molecule has 3 aromatic rings. The molecule has 4 aliphatic heterocycles. The largest absolute Gasteiger partial charge is 0.363 e. The monoisotopic (exact) mass is 534 g/mol. The number of likely N-dealkylation sites (tertiary alicyclic amines) is 1. The first-order chi connectivity index (χ1) is 19.5. The number of imide groups is 2. The van der Waals surface area contributed by atoms with E-state index in [-0.39, 0.29) is 36.9 Å². The lowest BCUT2D eigenvalue weighted by molar-refractivity contribution is -0.136. The average molecular weight is 535 g/mol. The summed E-state index contributed by atoms with van der Waals surface area (Å²) in [5.41, 5.74) is 4.14. The number of fused-ring (bicyclic) bond motifs is 3. The Morgan fingerprint density at radius 2 is 1.30 bits per heavy atom. The molecular weight excluding hydrogens is 504 g/mol. The van der Waals surface area contributed by atoms with Gasteiger partial charge < -0.3 is 4.90 Å². The van der Waals surface area contributed by atoms with Gasteiger partial charge in [-0.2, -0.15) is 0 Å². The summed E-state index contributed by atoms with van der Waals surface area (Å²) in [7, 11) is 0. The van der Waals surface area contributed by atoms with Crippen LogP contribution in [0.2, 0.25) is 0 Å². The average Bonchev–Trinajstić information content (AvgIpc) is 3.38. The number of piperazine rings is 1. The van der Waals surface area contributed by atoms with Crippen molar-refractivity contribution in [3.63, 3.8) is 0 Å². The summed E-state index contributed by atoms with van der Waals surface area (Å²) in [5.74, 6) is -1.90. The Hall–Kier alpha value is -4.30. The van der Waals surface area contributed by atoms with Crippen molar-refractivity contribution in [2.75, 3.05) is 18.0 Å². The molecule has 3 unspecified atom stereocenters. The standard InChI is InChI=1S/C32H30N4O4/c37-28-16-15-27(30(38)33-28)36-31(39)25-14-13-22(17-26(25)32(36)40)35-23-11-12-24(35)19-34(18-23)29(20-7-3-1-4-8-20)21-9-5-2-6-10-21/h1-10,13-14,17,23-24,27,29H,11-12,15-16,18-19H2,(H,33,37,38). The van der Waals surface area contributed by atoms with E-state index in [0.29, 0.717) is 11.1 Å². The van der Waals surface area contributed by atoms with Crippen LogP contribution in [0.4, 0.5) is 5.69 Å². The van der Waals surface area contributed by atoms with Crippen molar-refractivity contribution >= 4 is 29.3 Å². The van der Waals surface area contributed by atoms with Gasteiger partial charge in [0.1, 0.15) is 6.04 Å². The van der Waals surface area contributed by atoms with Gasteiger partial charge in [0.05, 0.1) is 17.2 Å². The number of nitrogens with one attached hydrogen (secondary N) is 1. The molecule has 4 heterocycles. The summed E-state index contributed by atoms with van der Waals surface area (Å²) in [4.78, 5) is 56.7. The number of carbonyl (C=O) groups is 4. The van der Waals surface area contributed by atoms with E-state index < -0.39 is 23.8 Å². The van der Waals surface area contributed by atoms with Crippen LogP contribution in [0.5, 0.6) is 0 Å². The molecule has 4 aliphatic rings. The first kappa shape index (κ1) is 24.7. The molecule has 0 aromatic heterocycles. The third-order valence-electron chi connectivity index (χ3n) is 8.83. The van der Waals surface area contributed by atoms with Gasteiger partial charge in [-0.1, -0.05) is 60.7 Å². The lowest BCUT2D eigenvalue weighted by Gasteiger charge is -2.45. The number of rotatable bonds is 5. The third-order valence-corrected chi connectivity index (χ3v) is 8.83. The number of hydrogen-bond donors (Lipinski definition) is 1. The van der Waals surface area contributed by atoms with Gasteiger partial charge in [-0.25, -0.2) is 0 Å². The summed E-state index contributed by atoms with van der Waals surface area (Å²) in [6.07, 6.45) is 2.38. The topological polar surface area (TPSA) is 90.0 Å². The Bertz CT molecular complexity index is 1450. The fourth-order valence-electron chi connectivity index (χ4n) is 7.07. The number of amides is 4. The van der Waals surface area contributed by atoms with E-state index in [1.807, 2.05) is 12.1 Å². The molecule has 3 aromatic carbocycles. The van der Waals surface area contributed by atoms with E-state index in [1.165, 1.54) is 11.1 Å². The number of carbonyl (C=O) groups excluding carboxylic acids is 4. The molecule has 3 atom stereocenters. The number of piperidine rings is 1. The number of benzene rings is 3.